The van der Waals surface area contributed by atoms with Gasteiger partial charge in [0.15, 0.2) is 6.10 Å². The molecule has 5 nitrogen and oxygen atoms in total. The highest BCUT2D eigenvalue weighted by atomic mass is 35.5. The molecule has 6 heteroatoms. The van der Waals surface area contributed by atoms with Gasteiger partial charge >= 0.3 is 5.97 Å². The highest BCUT2D eigenvalue weighted by Gasteiger charge is 2.27. The maximum atomic E-state index is 11.8. The van der Waals surface area contributed by atoms with Crippen molar-refractivity contribution in [2.24, 2.45) is 0 Å². The molecule has 0 aliphatic carbocycles. The van der Waals surface area contributed by atoms with Gasteiger partial charge in [-0.3, -0.25) is 9.59 Å². The van der Waals surface area contributed by atoms with Gasteiger partial charge in [0, 0.05) is 12.3 Å². The number of carbonyl (C=O) groups is 2. The van der Waals surface area contributed by atoms with Crippen molar-refractivity contribution in [3.63, 3.8) is 0 Å². The predicted octanol–water partition coefficient (Wildman–Crippen LogP) is 1.73. The highest BCUT2D eigenvalue weighted by molar-refractivity contribution is 6.18. The zero-order valence-corrected chi connectivity index (χ0v) is 11.2. The minimum Gasteiger partial charge on any atom is -0.478 e. The number of esters is 1. The molecule has 1 N–H and O–H groups in total. The lowest BCUT2D eigenvalue weighted by Gasteiger charge is -2.25. The molecule has 0 saturated heterocycles. The Balaban J connectivity index is 2.16. The van der Waals surface area contributed by atoms with Crippen LogP contribution in [0.1, 0.15) is 12.0 Å². The van der Waals surface area contributed by atoms with E-state index in [9.17, 15) is 9.59 Å². The zero-order chi connectivity index (χ0) is 13.8. The van der Waals surface area contributed by atoms with Gasteiger partial charge in [-0.1, -0.05) is 6.07 Å². The molecule has 1 aromatic rings. The minimum atomic E-state index is -0.559. The molecule has 102 valence electrons. The number of carbonyl (C=O) groups excluding carboxylic acids is 2. The molecule has 1 aromatic carbocycles. The number of halogens is 1. The molecule has 19 heavy (non-hydrogen) atoms. The van der Waals surface area contributed by atoms with Gasteiger partial charge in [0.1, 0.15) is 5.75 Å². The van der Waals surface area contributed by atoms with Crippen LogP contribution in [0.25, 0.3) is 0 Å². The topological polar surface area (TPSA) is 64.6 Å². The number of hydrogen-bond acceptors (Lipinski definition) is 4. The maximum absolute atomic E-state index is 11.8. The number of benzene rings is 1. The summed E-state index contributed by atoms with van der Waals surface area (Å²) in [5.74, 6) is 0.392. The van der Waals surface area contributed by atoms with Crippen LogP contribution in [0.4, 0.5) is 5.69 Å². The van der Waals surface area contributed by atoms with E-state index in [0.29, 0.717) is 23.7 Å². The van der Waals surface area contributed by atoms with Crippen LogP contribution in [-0.2, 0) is 20.7 Å². The second-order valence-corrected chi connectivity index (χ2v) is 4.53. The molecular weight excluding hydrogens is 270 g/mol. The average Bonchev–Trinajstić information content (AvgIpc) is 2.40. The molecule has 1 atom stereocenters. The van der Waals surface area contributed by atoms with Crippen molar-refractivity contribution in [2.75, 3.05) is 18.3 Å². The summed E-state index contributed by atoms with van der Waals surface area (Å²) in [7, 11) is 1.34. The molecule has 1 aliphatic rings. The third kappa shape index (κ3) is 3.17. The molecule has 1 aliphatic heterocycles. The van der Waals surface area contributed by atoms with Crippen molar-refractivity contribution in [1.29, 1.82) is 0 Å². The number of methoxy groups -OCH3 is 1. The first kappa shape index (κ1) is 13.7. The lowest BCUT2D eigenvalue weighted by atomic mass is 10.1. The first-order chi connectivity index (χ1) is 9.13. The van der Waals surface area contributed by atoms with Gasteiger partial charge in [0.25, 0.3) is 5.91 Å². The second-order valence-electron chi connectivity index (χ2n) is 4.16. The Kier molecular flexibility index (Phi) is 4.27. The summed E-state index contributed by atoms with van der Waals surface area (Å²) >= 11 is 5.61. The van der Waals surface area contributed by atoms with E-state index in [2.05, 4.69) is 10.1 Å². The quantitative estimate of drug-likeness (QED) is 0.675. The minimum absolute atomic E-state index is 0.157. The van der Waals surface area contributed by atoms with Crippen molar-refractivity contribution < 1.29 is 19.1 Å². The standard InChI is InChI=1S/C13H14ClNO4/c1-18-12(16)7-8-2-3-10-9(6-8)15-13(17)11(19-10)4-5-14/h2-3,6,11H,4-5,7H2,1H3,(H,15,17)/t11-/m0/s1. The number of rotatable bonds is 4. The smallest absolute Gasteiger partial charge is 0.309 e. The number of hydrogen-bond donors (Lipinski definition) is 1. The van der Waals surface area contributed by atoms with E-state index in [-0.39, 0.29) is 18.3 Å². The van der Waals surface area contributed by atoms with Crippen LogP contribution in [0, 0.1) is 0 Å². The van der Waals surface area contributed by atoms with Crippen molar-refractivity contribution in [1.82, 2.24) is 0 Å². The molecule has 0 spiro atoms. The summed E-state index contributed by atoms with van der Waals surface area (Å²) in [4.78, 5) is 22.9. The molecule has 0 bridgehead atoms. The van der Waals surface area contributed by atoms with E-state index in [0.717, 1.165) is 5.56 Å². The molecule has 0 saturated carbocycles. The van der Waals surface area contributed by atoms with Gasteiger partial charge in [-0.2, -0.15) is 0 Å². The Labute approximate surface area is 115 Å². The van der Waals surface area contributed by atoms with Crippen LogP contribution in [0.5, 0.6) is 5.75 Å². The molecule has 0 radical (unpaired) electrons. The first-order valence-electron chi connectivity index (χ1n) is 5.87. The molecule has 1 amide bonds. The second kappa shape index (κ2) is 5.93. The van der Waals surface area contributed by atoms with Crippen LogP contribution >= 0.6 is 11.6 Å². The summed E-state index contributed by atoms with van der Waals surface area (Å²) < 4.78 is 10.2. The summed E-state index contributed by atoms with van der Waals surface area (Å²) in [6.07, 6.45) is 0.0538. The number of alkyl halides is 1. The Morgan fingerprint density at radius 2 is 2.32 bits per heavy atom. The number of fused-ring (bicyclic) bond motifs is 1. The fraction of sp³-hybridized carbons (Fsp3) is 0.385. The number of anilines is 1. The van der Waals surface area contributed by atoms with Gasteiger partial charge in [0.2, 0.25) is 0 Å². The largest absolute Gasteiger partial charge is 0.478 e. The Hall–Kier alpha value is -1.75. The van der Waals surface area contributed by atoms with Crippen LogP contribution in [0.15, 0.2) is 18.2 Å². The lowest BCUT2D eigenvalue weighted by Crippen LogP contribution is -2.37. The number of amides is 1. The van der Waals surface area contributed by atoms with Gasteiger partial charge < -0.3 is 14.8 Å². The zero-order valence-electron chi connectivity index (χ0n) is 10.4. The van der Waals surface area contributed by atoms with E-state index in [4.69, 9.17) is 16.3 Å². The maximum Gasteiger partial charge on any atom is 0.309 e. The van der Waals surface area contributed by atoms with Crippen LogP contribution in [-0.4, -0.2) is 31.0 Å². The third-order valence-electron chi connectivity index (χ3n) is 2.81. The van der Waals surface area contributed by atoms with E-state index in [1.165, 1.54) is 7.11 Å². The van der Waals surface area contributed by atoms with E-state index in [1.807, 2.05) is 0 Å². The first-order valence-corrected chi connectivity index (χ1v) is 6.40. The fourth-order valence-electron chi connectivity index (χ4n) is 1.84. The highest BCUT2D eigenvalue weighted by Crippen LogP contribution is 2.31. The van der Waals surface area contributed by atoms with Crippen LogP contribution in [0.2, 0.25) is 0 Å². The summed E-state index contributed by atoms with van der Waals surface area (Å²) in [5, 5.41) is 2.75. The Bertz CT molecular complexity index is 503. The molecular formula is C13H14ClNO4. The van der Waals surface area contributed by atoms with Crippen LogP contribution in [0.3, 0.4) is 0 Å². The summed E-state index contributed by atoms with van der Waals surface area (Å²) in [6.45, 7) is 0. The average molecular weight is 284 g/mol. The fourth-order valence-corrected chi connectivity index (χ4v) is 2.03. The monoisotopic (exact) mass is 283 g/mol. The number of ether oxygens (including phenoxy) is 2. The normalized spacial score (nSPS) is 17.2. The van der Waals surface area contributed by atoms with Crippen molar-refractivity contribution in [3.8, 4) is 5.75 Å². The van der Waals surface area contributed by atoms with Gasteiger partial charge in [-0.15, -0.1) is 11.6 Å². The SMILES string of the molecule is COC(=O)Cc1ccc2c(c1)NC(=O)[C@H](CCCl)O2. The molecule has 0 unspecified atom stereocenters. The Morgan fingerprint density at radius 3 is 3.00 bits per heavy atom. The van der Waals surface area contributed by atoms with Crippen LogP contribution < -0.4 is 10.1 Å². The summed E-state index contributed by atoms with van der Waals surface area (Å²) in [5.41, 5.74) is 1.32. The number of nitrogens with one attached hydrogen (secondary N) is 1. The molecule has 2 rings (SSSR count). The third-order valence-corrected chi connectivity index (χ3v) is 3.03. The molecule has 0 aromatic heterocycles. The van der Waals surface area contributed by atoms with Gasteiger partial charge in [-0.25, -0.2) is 0 Å². The molecule has 1 heterocycles. The summed E-state index contributed by atoms with van der Waals surface area (Å²) in [6, 6.07) is 5.21. The van der Waals surface area contributed by atoms with E-state index >= 15 is 0 Å². The van der Waals surface area contributed by atoms with E-state index < -0.39 is 6.10 Å². The lowest BCUT2D eigenvalue weighted by molar-refractivity contribution is -0.139. The van der Waals surface area contributed by atoms with Gasteiger partial charge in [0.05, 0.1) is 19.2 Å². The van der Waals surface area contributed by atoms with Crippen molar-refractivity contribution in [2.45, 2.75) is 18.9 Å². The predicted molar refractivity (Wildman–Crippen MR) is 70.5 cm³/mol. The van der Waals surface area contributed by atoms with Crippen molar-refractivity contribution in [3.05, 3.63) is 23.8 Å². The van der Waals surface area contributed by atoms with E-state index in [1.54, 1.807) is 18.2 Å². The van der Waals surface area contributed by atoms with Gasteiger partial charge in [-0.05, 0) is 17.7 Å². The Morgan fingerprint density at radius 1 is 1.53 bits per heavy atom. The van der Waals surface area contributed by atoms with Crippen molar-refractivity contribution >= 4 is 29.2 Å². The molecule has 0 fully saturated rings.